The minimum atomic E-state index is -0.297. The van der Waals surface area contributed by atoms with Crippen molar-refractivity contribution < 1.29 is 9.59 Å². The van der Waals surface area contributed by atoms with Crippen molar-refractivity contribution in [2.75, 3.05) is 22.1 Å². The molecule has 1 unspecified atom stereocenters. The predicted molar refractivity (Wildman–Crippen MR) is 135 cm³/mol. The zero-order valence-corrected chi connectivity index (χ0v) is 19.7. The molecule has 5 nitrogen and oxygen atoms in total. The highest BCUT2D eigenvalue weighted by Gasteiger charge is 2.37. The Morgan fingerprint density at radius 1 is 1.09 bits per heavy atom. The molecule has 168 valence electrons. The monoisotopic (exact) mass is 457 g/mol. The van der Waals surface area contributed by atoms with E-state index in [9.17, 15) is 9.59 Å². The molecule has 0 radical (unpaired) electrons. The molecule has 2 aliphatic rings. The number of hydrogen-bond acceptors (Lipinski definition) is 5. The first-order valence-corrected chi connectivity index (χ1v) is 12.2. The van der Waals surface area contributed by atoms with E-state index in [0.29, 0.717) is 6.42 Å². The molecule has 1 amide bonds. The number of hydrogen-bond donors (Lipinski definition) is 2. The van der Waals surface area contributed by atoms with Gasteiger partial charge in [0, 0.05) is 28.3 Å². The Morgan fingerprint density at radius 2 is 1.94 bits per heavy atom. The van der Waals surface area contributed by atoms with E-state index < -0.39 is 0 Å². The van der Waals surface area contributed by atoms with Crippen molar-refractivity contribution >= 4 is 40.1 Å². The van der Waals surface area contributed by atoms with Crippen LogP contribution in [0.3, 0.4) is 0 Å². The first kappa shape index (κ1) is 21.5. The van der Waals surface area contributed by atoms with E-state index in [1.165, 1.54) is 5.56 Å². The molecule has 0 saturated heterocycles. The second-order valence-electron chi connectivity index (χ2n) is 8.70. The smallest absolute Gasteiger partial charge is 0.243 e. The number of nitrogens with zero attached hydrogens (tertiary/aromatic N) is 1. The molecule has 3 aromatic rings. The van der Waals surface area contributed by atoms with Crippen LogP contribution < -0.4 is 15.5 Å². The number of para-hydroxylation sites is 2. The number of anilines is 3. The molecule has 0 fully saturated rings. The van der Waals surface area contributed by atoms with Crippen LogP contribution in [0.15, 0.2) is 71.2 Å². The predicted octanol–water partition coefficient (Wildman–Crippen LogP) is 5.98. The Morgan fingerprint density at radius 3 is 2.73 bits per heavy atom. The zero-order valence-electron chi connectivity index (χ0n) is 18.9. The Kier molecular flexibility index (Phi) is 5.77. The maximum absolute atomic E-state index is 13.3. The lowest BCUT2D eigenvalue weighted by Gasteiger charge is -2.34. The van der Waals surface area contributed by atoms with Crippen LogP contribution >= 0.6 is 11.3 Å². The van der Waals surface area contributed by atoms with Gasteiger partial charge in [-0.2, -0.15) is 0 Å². The summed E-state index contributed by atoms with van der Waals surface area (Å²) in [7, 11) is 0. The molecule has 1 aliphatic carbocycles. The van der Waals surface area contributed by atoms with Crippen LogP contribution in [0.25, 0.3) is 0 Å². The summed E-state index contributed by atoms with van der Waals surface area (Å²) < 4.78 is 0. The quantitative estimate of drug-likeness (QED) is 0.506. The van der Waals surface area contributed by atoms with Gasteiger partial charge in [-0.05, 0) is 73.5 Å². The van der Waals surface area contributed by atoms with Gasteiger partial charge in [0.15, 0.2) is 5.78 Å². The summed E-state index contributed by atoms with van der Waals surface area (Å²) in [5, 5.41) is 8.63. The van der Waals surface area contributed by atoms with E-state index in [4.69, 9.17) is 0 Å². The van der Waals surface area contributed by atoms with Gasteiger partial charge in [0.1, 0.15) is 0 Å². The highest BCUT2D eigenvalue weighted by atomic mass is 32.1. The van der Waals surface area contributed by atoms with Gasteiger partial charge in [-0.1, -0.05) is 24.3 Å². The van der Waals surface area contributed by atoms with Gasteiger partial charge in [-0.3, -0.25) is 9.59 Å². The van der Waals surface area contributed by atoms with Crippen molar-refractivity contribution in [3.05, 3.63) is 87.3 Å². The number of fused-ring (bicyclic) bond motifs is 1. The van der Waals surface area contributed by atoms with Crippen molar-refractivity contribution in [2.45, 2.75) is 39.2 Å². The van der Waals surface area contributed by atoms with Gasteiger partial charge >= 0.3 is 0 Å². The average Bonchev–Trinajstić information content (AvgIpc) is 3.28. The first-order valence-electron chi connectivity index (χ1n) is 11.3. The standard InChI is InChI=1S/C27H27N3O2S/c1-17-12-13-19(15-18(17)2)28-25(32)16-30-22-9-4-3-7-20(22)29-21-8-5-10-23(31)26(21)27(30)24-11-6-14-33-24/h3-4,6-7,9,11-15,27,29H,5,8,10,16H2,1-2H3,(H,28,32). The number of carbonyl (C=O) groups is 2. The van der Waals surface area contributed by atoms with Crippen LogP contribution in [0, 0.1) is 13.8 Å². The molecule has 33 heavy (non-hydrogen) atoms. The molecule has 0 spiro atoms. The number of benzene rings is 2. The van der Waals surface area contributed by atoms with E-state index in [1.54, 1.807) is 11.3 Å². The summed E-state index contributed by atoms with van der Waals surface area (Å²) in [6.45, 7) is 4.23. The number of nitrogens with one attached hydrogen (secondary N) is 2. The van der Waals surface area contributed by atoms with E-state index in [0.717, 1.165) is 51.6 Å². The van der Waals surface area contributed by atoms with E-state index >= 15 is 0 Å². The third-order valence-corrected chi connectivity index (χ3v) is 7.38. The van der Waals surface area contributed by atoms with Crippen molar-refractivity contribution in [3.8, 4) is 0 Å². The molecule has 2 N–H and O–H groups in total. The van der Waals surface area contributed by atoms with Gasteiger partial charge in [-0.25, -0.2) is 0 Å². The lowest BCUT2D eigenvalue weighted by atomic mass is 9.88. The average molecular weight is 458 g/mol. The normalized spacial score (nSPS) is 17.7. The molecular formula is C27H27N3O2S. The Bertz CT molecular complexity index is 1250. The Labute approximate surface area is 198 Å². The van der Waals surface area contributed by atoms with Crippen LogP contribution in [-0.4, -0.2) is 18.2 Å². The lowest BCUT2D eigenvalue weighted by Crippen LogP contribution is -2.38. The summed E-state index contributed by atoms with van der Waals surface area (Å²) >= 11 is 1.62. The summed E-state index contributed by atoms with van der Waals surface area (Å²) in [5.74, 6) is 0.0523. The molecule has 0 bridgehead atoms. The van der Waals surface area contributed by atoms with E-state index in [2.05, 4.69) is 28.5 Å². The molecule has 6 heteroatoms. The van der Waals surface area contributed by atoms with Gasteiger partial charge < -0.3 is 15.5 Å². The van der Waals surface area contributed by atoms with Gasteiger partial charge in [-0.15, -0.1) is 11.3 Å². The van der Waals surface area contributed by atoms with Crippen LogP contribution in [0.4, 0.5) is 17.1 Å². The summed E-state index contributed by atoms with van der Waals surface area (Å²) in [5.41, 5.74) is 6.73. The topological polar surface area (TPSA) is 61.4 Å². The fourth-order valence-corrected chi connectivity index (χ4v) is 5.54. The molecule has 2 aromatic carbocycles. The summed E-state index contributed by atoms with van der Waals surface area (Å²) in [4.78, 5) is 29.6. The molecule has 5 rings (SSSR count). The van der Waals surface area contributed by atoms with Crippen LogP contribution in [0.2, 0.25) is 0 Å². The lowest BCUT2D eigenvalue weighted by molar-refractivity contribution is -0.117. The second-order valence-corrected chi connectivity index (χ2v) is 9.68. The van der Waals surface area contributed by atoms with Crippen molar-refractivity contribution in [3.63, 3.8) is 0 Å². The highest BCUT2D eigenvalue weighted by Crippen LogP contribution is 2.45. The van der Waals surface area contributed by atoms with Crippen LogP contribution in [-0.2, 0) is 9.59 Å². The van der Waals surface area contributed by atoms with Crippen molar-refractivity contribution in [1.82, 2.24) is 0 Å². The van der Waals surface area contributed by atoms with Crippen LogP contribution in [0.1, 0.15) is 41.3 Å². The number of rotatable bonds is 4. The largest absolute Gasteiger partial charge is 0.357 e. The van der Waals surface area contributed by atoms with E-state index in [-0.39, 0.29) is 24.3 Å². The fraction of sp³-hybridized carbons (Fsp3) is 0.259. The summed E-state index contributed by atoms with van der Waals surface area (Å²) in [6.07, 6.45) is 2.22. The van der Waals surface area contributed by atoms with E-state index in [1.807, 2.05) is 60.8 Å². The van der Waals surface area contributed by atoms with Crippen LogP contribution in [0.5, 0.6) is 0 Å². The number of allylic oxidation sites excluding steroid dienone is 1. The maximum atomic E-state index is 13.3. The zero-order chi connectivity index (χ0) is 22.9. The third kappa shape index (κ3) is 4.18. The Balaban J connectivity index is 1.56. The molecule has 1 atom stereocenters. The molecule has 2 heterocycles. The molecule has 0 saturated carbocycles. The highest BCUT2D eigenvalue weighted by molar-refractivity contribution is 7.10. The number of thiophene rings is 1. The maximum Gasteiger partial charge on any atom is 0.243 e. The van der Waals surface area contributed by atoms with Crippen molar-refractivity contribution in [2.24, 2.45) is 0 Å². The fourth-order valence-electron chi connectivity index (χ4n) is 4.69. The number of carbonyl (C=O) groups excluding carboxylic acids is 2. The first-order chi connectivity index (χ1) is 16.0. The third-order valence-electron chi connectivity index (χ3n) is 6.46. The second kappa shape index (κ2) is 8.87. The number of ketones is 1. The summed E-state index contributed by atoms with van der Waals surface area (Å²) in [6, 6.07) is 17.7. The molecule has 1 aromatic heterocycles. The minimum absolute atomic E-state index is 0.109. The van der Waals surface area contributed by atoms with Gasteiger partial charge in [0.25, 0.3) is 0 Å². The van der Waals surface area contributed by atoms with Gasteiger partial charge in [0.05, 0.1) is 24.0 Å². The molecular weight excluding hydrogens is 430 g/mol. The number of Topliss-reactive ketones (excluding diaryl/α,β-unsaturated/α-hetero) is 1. The minimum Gasteiger partial charge on any atom is -0.357 e. The molecule has 1 aliphatic heterocycles. The van der Waals surface area contributed by atoms with Gasteiger partial charge in [0.2, 0.25) is 5.91 Å². The van der Waals surface area contributed by atoms with Crippen molar-refractivity contribution in [1.29, 1.82) is 0 Å². The SMILES string of the molecule is Cc1ccc(NC(=O)CN2c3ccccc3NC3=C(C(=O)CCC3)C2c2cccs2)cc1C. The Hall–Kier alpha value is -3.38. The number of amides is 1. The number of aryl methyl sites for hydroxylation is 2.